The van der Waals surface area contributed by atoms with Gasteiger partial charge in [0.25, 0.3) is 11.8 Å². The Hall–Kier alpha value is -5.58. The maximum atomic E-state index is 14.2. The molecule has 3 saturated heterocycles. The van der Waals surface area contributed by atoms with Gasteiger partial charge >= 0.3 is 0 Å². The second-order valence-electron chi connectivity index (χ2n) is 16.1. The van der Waals surface area contributed by atoms with E-state index in [2.05, 4.69) is 25.6 Å². The number of pyridine rings is 1. The highest BCUT2D eigenvalue weighted by Crippen LogP contribution is 2.38. The molecule has 18 heteroatoms. The van der Waals surface area contributed by atoms with E-state index in [1.54, 1.807) is 43.6 Å². The lowest BCUT2D eigenvalue weighted by molar-refractivity contribution is -0.137. The first kappa shape index (κ1) is 42.1. The quantitative estimate of drug-likeness (QED) is 0.0780. The van der Waals surface area contributed by atoms with Gasteiger partial charge in [0.2, 0.25) is 17.7 Å². The Morgan fingerprint density at radius 2 is 1.82 bits per heavy atom. The molecule has 320 valence electrons. The molecule has 0 saturated carbocycles. The Morgan fingerprint density at radius 3 is 2.59 bits per heavy atom. The zero-order valence-electron chi connectivity index (χ0n) is 33.5. The normalized spacial score (nSPS) is 19.2. The van der Waals surface area contributed by atoms with Crippen LogP contribution in [0.2, 0.25) is 10.0 Å². The third-order valence-corrected chi connectivity index (χ3v) is 12.7. The predicted octanol–water partition coefficient (Wildman–Crippen LogP) is 5.89. The number of nitrogens with one attached hydrogen (secondary N) is 2. The van der Waals surface area contributed by atoms with E-state index in [0.717, 1.165) is 61.3 Å². The van der Waals surface area contributed by atoms with Crippen LogP contribution >= 0.6 is 23.2 Å². The van der Waals surface area contributed by atoms with Crippen molar-refractivity contribution in [1.82, 2.24) is 34.8 Å². The summed E-state index contributed by atoms with van der Waals surface area (Å²) in [4.78, 5) is 73.1. The van der Waals surface area contributed by atoms with Crippen molar-refractivity contribution in [2.75, 3.05) is 50.3 Å². The number of nitrogens with two attached hydrogens (primary N) is 1. The molecule has 4 aliphatic rings. The molecule has 4 aromatic rings. The van der Waals surface area contributed by atoms with E-state index >= 15 is 0 Å². The fourth-order valence-corrected chi connectivity index (χ4v) is 9.23. The molecule has 61 heavy (non-hydrogen) atoms. The highest BCUT2D eigenvalue weighted by molar-refractivity contribution is 6.36. The fraction of sp³-hybridized carbons (Fsp3) is 0.419. The first-order chi connectivity index (χ1) is 29.4. The van der Waals surface area contributed by atoms with Gasteiger partial charge in [-0.05, 0) is 75.9 Å². The van der Waals surface area contributed by atoms with Crippen molar-refractivity contribution in [3.63, 3.8) is 0 Å². The number of nitrogen functional groups attached to an aromatic ring is 1. The first-order valence-electron chi connectivity index (χ1n) is 20.5. The van der Waals surface area contributed by atoms with Crippen LogP contribution in [0.25, 0.3) is 11.1 Å². The summed E-state index contributed by atoms with van der Waals surface area (Å²) in [6, 6.07) is 8.64. The van der Waals surface area contributed by atoms with Crippen LogP contribution in [0.5, 0.6) is 5.75 Å². The topological polar surface area (TPSA) is 185 Å². The van der Waals surface area contributed by atoms with Gasteiger partial charge in [-0.15, -0.1) is 0 Å². The number of nitrogens with zero attached hydrogens (tertiary/aromatic N) is 6. The number of piperidine rings is 2. The molecule has 2 aromatic heterocycles. The molecule has 8 rings (SSSR count). The van der Waals surface area contributed by atoms with Gasteiger partial charge in [-0.3, -0.25) is 38.9 Å². The number of fused-ring (bicyclic) bond motifs is 1. The van der Waals surface area contributed by atoms with Crippen molar-refractivity contribution in [3.05, 3.63) is 87.5 Å². The van der Waals surface area contributed by atoms with E-state index in [4.69, 9.17) is 33.7 Å². The maximum Gasteiger partial charge on any atom is 0.264 e. The van der Waals surface area contributed by atoms with Crippen LogP contribution < -0.4 is 21.1 Å². The standard InChI is InChI=1S/C43H46Cl2FN9O6/c1-24(37-30(44)8-9-31(46)39(37)45)61-34-17-26(19-49-40(34)47)27-20-50-54(23-27)28-12-15-52(16-13-28)14-3-2-7-36(57)53-21-25(22-53)18-48-32-6-4-5-29-38(32)43(60)55(42(29)59)33-10-11-35(56)51-41(33)58/h4-6,8-9,17,19-20,23-25,28,33,48H,2-3,7,10-16,18,21-22H2,1H3,(H2,47,49)(H,51,56,58). The second-order valence-corrected chi connectivity index (χ2v) is 16.9. The minimum absolute atomic E-state index is 0.0591. The Kier molecular flexibility index (Phi) is 12.3. The number of rotatable bonds is 14. The largest absolute Gasteiger partial charge is 0.482 e. The number of aromatic nitrogens is 3. The summed E-state index contributed by atoms with van der Waals surface area (Å²) in [5, 5.41) is 10.4. The van der Waals surface area contributed by atoms with E-state index in [1.807, 2.05) is 15.8 Å². The third kappa shape index (κ3) is 8.79. The zero-order chi connectivity index (χ0) is 42.9. The molecule has 2 aromatic carbocycles. The first-order valence-corrected chi connectivity index (χ1v) is 21.3. The number of imide groups is 2. The summed E-state index contributed by atoms with van der Waals surface area (Å²) in [5.41, 5.74) is 9.06. The minimum atomic E-state index is -1.02. The monoisotopic (exact) mass is 873 g/mol. The number of unbranched alkanes of at least 4 members (excludes halogenated alkanes) is 1. The zero-order valence-corrected chi connectivity index (χ0v) is 35.1. The van der Waals surface area contributed by atoms with Gasteiger partial charge in [-0.25, -0.2) is 9.37 Å². The average molecular weight is 875 g/mol. The molecule has 4 aliphatic heterocycles. The van der Waals surface area contributed by atoms with Crippen LogP contribution in [0.3, 0.4) is 0 Å². The number of benzene rings is 2. The van der Waals surface area contributed by atoms with Gasteiger partial charge in [0, 0.05) is 91.3 Å². The molecule has 3 fully saturated rings. The molecule has 0 bridgehead atoms. The molecule has 6 heterocycles. The lowest BCUT2D eigenvalue weighted by Gasteiger charge is -2.39. The van der Waals surface area contributed by atoms with Crippen LogP contribution in [0, 0.1) is 11.7 Å². The van der Waals surface area contributed by atoms with Gasteiger partial charge in [0.15, 0.2) is 11.6 Å². The molecular weight excluding hydrogens is 828 g/mol. The van der Waals surface area contributed by atoms with Crippen LogP contribution in [0.4, 0.5) is 15.9 Å². The molecule has 0 spiro atoms. The molecule has 5 amide bonds. The second kappa shape index (κ2) is 17.8. The van der Waals surface area contributed by atoms with Crippen molar-refractivity contribution in [3.8, 4) is 16.9 Å². The van der Waals surface area contributed by atoms with Crippen molar-refractivity contribution >= 4 is 64.2 Å². The van der Waals surface area contributed by atoms with Crippen LogP contribution in [-0.4, -0.2) is 104 Å². The predicted molar refractivity (Wildman–Crippen MR) is 226 cm³/mol. The highest BCUT2D eigenvalue weighted by atomic mass is 35.5. The summed E-state index contributed by atoms with van der Waals surface area (Å²) in [6.45, 7) is 6.24. The Morgan fingerprint density at radius 1 is 1.03 bits per heavy atom. The third-order valence-electron chi connectivity index (χ3n) is 12.0. The van der Waals surface area contributed by atoms with Crippen LogP contribution in [-0.2, 0) is 14.4 Å². The summed E-state index contributed by atoms with van der Waals surface area (Å²) < 4.78 is 22.2. The lowest BCUT2D eigenvalue weighted by Crippen LogP contribution is -2.54. The molecule has 0 aliphatic carbocycles. The number of hydrogen-bond acceptors (Lipinski definition) is 11. The van der Waals surface area contributed by atoms with Gasteiger partial charge in [-0.2, -0.15) is 5.10 Å². The number of amides is 5. The van der Waals surface area contributed by atoms with Crippen LogP contribution in [0.15, 0.2) is 55.0 Å². The van der Waals surface area contributed by atoms with E-state index in [1.165, 1.54) is 12.1 Å². The van der Waals surface area contributed by atoms with Gasteiger partial charge < -0.3 is 25.6 Å². The summed E-state index contributed by atoms with van der Waals surface area (Å²) in [7, 11) is 0. The number of anilines is 2. The fourth-order valence-electron chi connectivity index (χ4n) is 8.56. The van der Waals surface area contributed by atoms with Gasteiger partial charge in [0.1, 0.15) is 18.0 Å². The Bertz CT molecular complexity index is 2380. The summed E-state index contributed by atoms with van der Waals surface area (Å²) in [5.74, 6) is -1.92. The number of carbonyl (C=O) groups is 5. The number of likely N-dealkylation sites (tertiary alicyclic amines) is 2. The number of ether oxygens (including phenoxy) is 1. The van der Waals surface area contributed by atoms with E-state index < -0.39 is 41.6 Å². The van der Waals surface area contributed by atoms with E-state index in [9.17, 15) is 28.4 Å². The number of carbonyl (C=O) groups excluding carboxylic acids is 5. The van der Waals surface area contributed by atoms with Crippen LogP contribution in [0.1, 0.15) is 90.3 Å². The summed E-state index contributed by atoms with van der Waals surface area (Å²) >= 11 is 12.5. The average Bonchev–Trinajstić information content (AvgIpc) is 3.82. The molecule has 0 radical (unpaired) electrons. The molecule has 4 N–H and O–H groups in total. The maximum absolute atomic E-state index is 14.2. The Labute approximate surface area is 361 Å². The lowest BCUT2D eigenvalue weighted by atomic mass is 9.98. The molecule has 2 unspecified atom stereocenters. The SMILES string of the molecule is CC(Oc1cc(-c2cnn(C3CCN(CCCCC(=O)N4CC(CNc5cccc6c5C(=O)N(C5CCC(=O)NC5=O)C6=O)C4)CC3)c2)cnc1N)c1c(Cl)ccc(F)c1Cl. The molecule has 2 atom stereocenters. The Balaban J connectivity index is 0.740. The van der Waals surface area contributed by atoms with Gasteiger partial charge in [0.05, 0.1) is 28.4 Å². The number of hydrogen-bond donors (Lipinski definition) is 3. The van der Waals surface area contributed by atoms with E-state index in [-0.39, 0.29) is 57.7 Å². The number of halogens is 3. The van der Waals surface area contributed by atoms with Crippen molar-refractivity contribution in [2.24, 2.45) is 5.92 Å². The van der Waals surface area contributed by atoms with E-state index in [0.29, 0.717) is 43.1 Å². The van der Waals surface area contributed by atoms with Crippen molar-refractivity contribution < 1.29 is 33.1 Å². The highest BCUT2D eigenvalue weighted by Gasteiger charge is 2.46. The minimum Gasteiger partial charge on any atom is -0.482 e. The molecule has 15 nitrogen and oxygen atoms in total. The molecular formula is C43H46Cl2FN9O6. The van der Waals surface area contributed by atoms with Crippen molar-refractivity contribution in [2.45, 2.75) is 70.1 Å². The summed E-state index contributed by atoms with van der Waals surface area (Å²) in [6.07, 6.45) is 9.02. The smallest absolute Gasteiger partial charge is 0.264 e. The van der Waals surface area contributed by atoms with Crippen molar-refractivity contribution in [1.29, 1.82) is 0 Å². The van der Waals surface area contributed by atoms with Gasteiger partial charge in [-0.1, -0.05) is 29.3 Å².